The third-order valence-corrected chi connectivity index (χ3v) is 7.01. The van der Waals surface area contributed by atoms with Crippen molar-refractivity contribution in [1.82, 2.24) is 9.29 Å². The molecule has 5 nitrogen and oxygen atoms in total. The molecule has 2 aromatic carbocycles. The topological polar surface area (TPSA) is 76.3 Å². The van der Waals surface area contributed by atoms with E-state index in [-0.39, 0.29) is 5.92 Å². The van der Waals surface area contributed by atoms with Gasteiger partial charge in [-0.3, -0.25) is 4.98 Å². The first-order valence-corrected chi connectivity index (χ1v) is 11.1. The van der Waals surface area contributed by atoms with E-state index in [2.05, 4.69) is 24.0 Å². The molecule has 0 amide bonds. The molecule has 0 spiro atoms. The Morgan fingerprint density at radius 2 is 1.82 bits per heavy atom. The van der Waals surface area contributed by atoms with Gasteiger partial charge in [0.25, 0.3) is 0 Å². The summed E-state index contributed by atoms with van der Waals surface area (Å²) in [6.07, 6.45) is 4.70. The van der Waals surface area contributed by atoms with Crippen LogP contribution >= 0.6 is 0 Å². The van der Waals surface area contributed by atoms with Crippen molar-refractivity contribution in [3.05, 3.63) is 72.6 Å². The second-order valence-electron chi connectivity index (χ2n) is 7.00. The predicted molar refractivity (Wildman–Crippen MR) is 114 cm³/mol. The van der Waals surface area contributed by atoms with Gasteiger partial charge in [-0.25, -0.2) is 8.42 Å². The molecule has 1 aromatic heterocycles. The molecule has 28 heavy (non-hydrogen) atoms. The standard InChI is InChI=1S/C22H27N3O2S/c1-18(19-7-3-2-4-8-19)12-16-25(15-6-13-23)28(26,27)22-10-5-9-20-17-24-14-11-21(20)22/h2-5,7-11,14,17-18H,6,12-13,15-16,23H2,1H3. The van der Waals surface area contributed by atoms with Gasteiger partial charge in [-0.05, 0) is 43.0 Å². The molecular formula is C22H27N3O2S. The highest BCUT2D eigenvalue weighted by molar-refractivity contribution is 7.89. The number of hydrogen-bond acceptors (Lipinski definition) is 4. The van der Waals surface area contributed by atoms with Crippen LogP contribution in [0.25, 0.3) is 10.8 Å². The van der Waals surface area contributed by atoms with Crippen molar-refractivity contribution in [2.75, 3.05) is 19.6 Å². The molecule has 2 N–H and O–H groups in total. The van der Waals surface area contributed by atoms with Gasteiger partial charge < -0.3 is 5.73 Å². The number of nitrogens with two attached hydrogens (primary N) is 1. The minimum absolute atomic E-state index is 0.272. The summed E-state index contributed by atoms with van der Waals surface area (Å²) >= 11 is 0. The molecule has 0 aliphatic rings. The van der Waals surface area contributed by atoms with Crippen molar-refractivity contribution in [3.8, 4) is 0 Å². The van der Waals surface area contributed by atoms with Crippen molar-refractivity contribution in [1.29, 1.82) is 0 Å². The van der Waals surface area contributed by atoms with Crippen LogP contribution in [0.2, 0.25) is 0 Å². The number of hydrogen-bond donors (Lipinski definition) is 1. The van der Waals surface area contributed by atoms with Gasteiger partial charge in [-0.1, -0.05) is 49.4 Å². The molecule has 3 rings (SSSR count). The number of fused-ring (bicyclic) bond motifs is 1. The summed E-state index contributed by atoms with van der Waals surface area (Å²) in [7, 11) is -3.63. The molecular weight excluding hydrogens is 370 g/mol. The van der Waals surface area contributed by atoms with Crippen LogP contribution in [0.5, 0.6) is 0 Å². The number of benzene rings is 2. The molecule has 0 aliphatic carbocycles. The van der Waals surface area contributed by atoms with Gasteiger partial charge >= 0.3 is 0 Å². The number of nitrogens with zero attached hydrogens (tertiary/aromatic N) is 2. The summed E-state index contributed by atoms with van der Waals surface area (Å²) < 4.78 is 28.5. The van der Waals surface area contributed by atoms with E-state index in [1.807, 2.05) is 24.3 Å². The van der Waals surface area contributed by atoms with E-state index >= 15 is 0 Å². The van der Waals surface area contributed by atoms with Gasteiger partial charge in [0, 0.05) is 36.3 Å². The first-order chi connectivity index (χ1) is 13.5. The molecule has 0 saturated carbocycles. The molecule has 0 aliphatic heterocycles. The van der Waals surface area contributed by atoms with E-state index in [4.69, 9.17) is 5.73 Å². The van der Waals surface area contributed by atoms with Gasteiger partial charge in [-0.2, -0.15) is 4.31 Å². The van der Waals surface area contributed by atoms with Crippen molar-refractivity contribution < 1.29 is 8.42 Å². The third-order valence-electron chi connectivity index (χ3n) is 5.05. The van der Waals surface area contributed by atoms with Crippen LogP contribution in [0.15, 0.2) is 71.9 Å². The number of sulfonamides is 1. The lowest BCUT2D eigenvalue weighted by atomic mass is 9.98. The normalized spacial score (nSPS) is 13.1. The monoisotopic (exact) mass is 397 g/mol. The number of aromatic nitrogens is 1. The maximum Gasteiger partial charge on any atom is 0.243 e. The molecule has 3 aromatic rings. The fraction of sp³-hybridized carbons (Fsp3) is 0.318. The minimum Gasteiger partial charge on any atom is -0.330 e. The Hall–Kier alpha value is -2.28. The van der Waals surface area contributed by atoms with Crippen molar-refractivity contribution in [2.24, 2.45) is 5.73 Å². The van der Waals surface area contributed by atoms with Gasteiger partial charge in [0.2, 0.25) is 10.0 Å². The van der Waals surface area contributed by atoms with Gasteiger partial charge in [0.1, 0.15) is 0 Å². The summed E-state index contributed by atoms with van der Waals surface area (Å²) in [6.45, 7) is 3.47. The Balaban J connectivity index is 1.87. The SMILES string of the molecule is CC(CCN(CCCN)S(=O)(=O)c1cccc2cnccc12)c1ccccc1. The fourth-order valence-corrected chi connectivity index (χ4v) is 5.07. The second-order valence-corrected chi connectivity index (χ2v) is 8.91. The molecule has 1 unspecified atom stereocenters. The molecule has 1 heterocycles. The Morgan fingerprint density at radius 3 is 2.57 bits per heavy atom. The molecule has 0 saturated heterocycles. The van der Waals surface area contributed by atoms with Crippen LogP contribution in [0.4, 0.5) is 0 Å². The third kappa shape index (κ3) is 4.58. The number of pyridine rings is 1. The fourth-order valence-electron chi connectivity index (χ4n) is 3.36. The number of rotatable bonds is 9. The van der Waals surface area contributed by atoms with E-state index in [0.717, 1.165) is 11.8 Å². The zero-order valence-corrected chi connectivity index (χ0v) is 17.0. The van der Waals surface area contributed by atoms with Crippen LogP contribution in [0.3, 0.4) is 0 Å². The van der Waals surface area contributed by atoms with Crippen LogP contribution in [0.1, 0.15) is 31.2 Å². The minimum atomic E-state index is -3.63. The maximum absolute atomic E-state index is 13.5. The Morgan fingerprint density at radius 1 is 1.04 bits per heavy atom. The smallest absolute Gasteiger partial charge is 0.243 e. The van der Waals surface area contributed by atoms with Crippen molar-refractivity contribution in [2.45, 2.75) is 30.6 Å². The Labute approximate surface area is 167 Å². The second kappa shape index (κ2) is 9.28. The van der Waals surface area contributed by atoms with Crippen molar-refractivity contribution >= 4 is 20.8 Å². The van der Waals surface area contributed by atoms with Crippen molar-refractivity contribution in [3.63, 3.8) is 0 Å². The molecule has 0 radical (unpaired) electrons. The first-order valence-electron chi connectivity index (χ1n) is 9.62. The largest absolute Gasteiger partial charge is 0.330 e. The lowest BCUT2D eigenvalue weighted by Gasteiger charge is -2.24. The Kier molecular flexibility index (Phi) is 6.78. The van der Waals surface area contributed by atoms with E-state index in [1.54, 1.807) is 34.9 Å². The highest BCUT2D eigenvalue weighted by Crippen LogP contribution is 2.27. The highest BCUT2D eigenvalue weighted by Gasteiger charge is 2.26. The first kappa shape index (κ1) is 20.5. The van der Waals surface area contributed by atoms with Gasteiger partial charge in [0.05, 0.1) is 4.90 Å². The van der Waals surface area contributed by atoms with E-state index in [9.17, 15) is 8.42 Å². The average Bonchev–Trinajstić information content (AvgIpc) is 2.73. The zero-order chi connectivity index (χ0) is 20.0. The molecule has 6 heteroatoms. The molecule has 148 valence electrons. The quantitative estimate of drug-likeness (QED) is 0.596. The molecule has 0 fully saturated rings. The van der Waals surface area contributed by atoms with E-state index in [0.29, 0.717) is 36.3 Å². The van der Waals surface area contributed by atoms with Crippen LogP contribution in [-0.2, 0) is 10.0 Å². The van der Waals surface area contributed by atoms with Gasteiger partial charge in [0.15, 0.2) is 0 Å². The summed E-state index contributed by atoms with van der Waals surface area (Å²) in [5.41, 5.74) is 6.88. The van der Waals surface area contributed by atoms with Crippen LogP contribution in [0, 0.1) is 0 Å². The van der Waals surface area contributed by atoms with Crippen LogP contribution in [-0.4, -0.2) is 37.3 Å². The van der Waals surface area contributed by atoms with Crippen LogP contribution < -0.4 is 5.73 Å². The van der Waals surface area contributed by atoms with E-state index in [1.165, 1.54) is 5.56 Å². The predicted octanol–water partition coefficient (Wildman–Crippen LogP) is 3.77. The summed E-state index contributed by atoms with van der Waals surface area (Å²) in [6, 6.07) is 17.3. The summed E-state index contributed by atoms with van der Waals surface area (Å²) in [5.74, 6) is 0.272. The summed E-state index contributed by atoms with van der Waals surface area (Å²) in [4.78, 5) is 4.43. The maximum atomic E-state index is 13.5. The van der Waals surface area contributed by atoms with E-state index < -0.39 is 10.0 Å². The highest BCUT2D eigenvalue weighted by atomic mass is 32.2. The average molecular weight is 398 g/mol. The Bertz CT molecular complexity index is 1000. The summed E-state index contributed by atoms with van der Waals surface area (Å²) in [5, 5.41) is 1.52. The molecule has 1 atom stereocenters. The lowest BCUT2D eigenvalue weighted by molar-refractivity contribution is 0.390. The molecule has 0 bridgehead atoms. The lowest BCUT2D eigenvalue weighted by Crippen LogP contribution is -2.34. The zero-order valence-electron chi connectivity index (χ0n) is 16.2. The van der Waals surface area contributed by atoms with Gasteiger partial charge in [-0.15, -0.1) is 0 Å².